The van der Waals surface area contributed by atoms with Crippen LogP contribution in [0.25, 0.3) is 0 Å². The number of nitrogens with zero attached hydrogens (tertiary/aromatic N) is 1. The van der Waals surface area contributed by atoms with Crippen molar-refractivity contribution in [3.8, 4) is 5.75 Å². The Morgan fingerprint density at radius 2 is 1.92 bits per heavy atom. The van der Waals surface area contributed by atoms with Crippen molar-refractivity contribution in [1.82, 2.24) is 10.4 Å². The Balaban J connectivity index is 1.62. The maximum Gasteiger partial charge on any atom is 0.265 e. The fourth-order valence-corrected chi connectivity index (χ4v) is 3.17. The zero-order valence-corrected chi connectivity index (χ0v) is 14.6. The van der Waals surface area contributed by atoms with E-state index < -0.39 is 11.9 Å². The lowest BCUT2D eigenvalue weighted by molar-refractivity contribution is -0.141. The Morgan fingerprint density at radius 3 is 2.58 bits per heavy atom. The van der Waals surface area contributed by atoms with Gasteiger partial charge in [0.15, 0.2) is 0 Å². The second-order valence-electron chi connectivity index (χ2n) is 6.37. The van der Waals surface area contributed by atoms with Crippen LogP contribution in [0, 0.1) is 0 Å². The zero-order valence-electron chi connectivity index (χ0n) is 14.6. The number of hydroxylamine groups is 1. The van der Waals surface area contributed by atoms with Gasteiger partial charge in [0.1, 0.15) is 18.4 Å². The van der Waals surface area contributed by atoms with Crippen molar-refractivity contribution in [3.05, 3.63) is 65.7 Å². The summed E-state index contributed by atoms with van der Waals surface area (Å²) in [4.78, 5) is 25.6. The molecule has 2 unspecified atom stereocenters. The monoisotopic (exact) mass is 354 g/mol. The lowest BCUT2D eigenvalue weighted by Gasteiger charge is -2.22. The van der Waals surface area contributed by atoms with E-state index in [1.165, 1.54) is 4.90 Å². The van der Waals surface area contributed by atoms with Crippen LogP contribution in [0.2, 0.25) is 0 Å². The summed E-state index contributed by atoms with van der Waals surface area (Å²) in [6, 6.07) is 16.7. The number of amides is 2. The smallest absolute Gasteiger partial charge is 0.265 e. The van der Waals surface area contributed by atoms with Crippen molar-refractivity contribution in [2.24, 2.45) is 0 Å². The van der Waals surface area contributed by atoms with Crippen LogP contribution in [0.5, 0.6) is 5.75 Å². The molecule has 1 heterocycles. The summed E-state index contributed by atoms with van der Waals surface area (Å²) in [7, 11) is 0. The molecular formula is C20H22N2O4. The van der Waals surface area contributed by atoms with E-state index in [4.69, 9.17) is 9.94 Å². The minimum Gasteiger partial charge on any atom is -0.489 e. The van der Waals surface area contributed by atoms with E-state index in [0.717, 1.165) is 16.9 Å². The molecule has 3 rings (SSSR count). The molecule has 2 atom stereocenters. The third kappa shape index (κ3) is 3.86. The topological polar surface area (TPSA) is 78.9 Å². The molecule has 0 radical (unpaired) electrons. The van der Waals surface area contributed by atoms with Crippen LogP contribution in [-0.2, 0) is 16.2 Å². The van der Waals surface area contributed by atoms with Crippen LogP contribution in [-0.4, -0.2) is 34.5 Å². The Bertz CT molecular complexity index is 761. The normalized spacial score (nSPS) is 17.8. The van der Waals surface area contributed by atoms with E-state index in [2.05, 4.69) is 0 Å². The number of ether oxygens (including phenoxy) is 1. The average molecular weight is 354 g/mol. The van der Waals surface area contributed by atoms with Gasteiger partial charge in [-0.2, -0.15) is 0 Å². The molecule has 26 heavy (non-hydrogen) atoms. The fraction of sp³-hybridized carbons (Fsp3) is 0.300. The van der Waals surface area contributed by atoms with Crippen LogP contribution in [0.15, 0.2) is 54.6 Å². The molecule has 6 nitrogen and oxygen atoms in total. The lowest BCUT2D eigenvalue weighted by atomic mass is 9.98. The van der Waals surface area contributed by atoms with Crippen LogP contribution in [0.4, 0.5) is 0 Å². The van der Waals surface area contributed by atoms with E-state index in [1.54, 1.807) is 12.4 Å². The van der Waals surface area contributed by atoms with Crippen molar-refractivity contribution < 1.29 is 19.5 Å². The highest BCUT2D eigenvalue weighted by Crippen LogP contribution is 2.31. The molecule has 0 aliphatic carbocycles. The molecule has 0 spiro atoms. The van der Waals surface area contributed by atoms with Gasteiger partial charge in [0.05, 0.1) is 5.92 Å². The third-order valence-corrected chi connectivity index (χ3v) is 4.73. The molecule has 1 fully saturated rings. The highest BCUT2D eigenvalue weighted by Gasteiger charge is 2.37. The molecule has 1 aliphatic rings. The molecule has 1 saturated heterocycles. The maximum atomic E-state index is 12.6. The summed E-state index contributed by atoms with van der Waals surface area (Å²) in [6.45, 7) is 2.58. The Hall–Kier alpha value is -2.86. The van der Waals surface area contributed by atoms with Gasteiger partial charge in [-0.25, -0.2) is 5.48 Å². The number of rotatable bonds is 6. The van der Waals surface area contributed by atoms with Crippen LogP contribution >= 0.6 is 0 Å². The summed E-state index contributed by atoms with van der Waals surface area (Å²) in [5.41, 5.74) is 3.60. The molecule has 2 N–H and O–H groups in total. The second-order valence-corrected chi connectivity index (χ2v) is 6.37. The lowest BCUT2D eigenvalue weighted by Crippen LogP contribution is -2.45. The molecular weight excluding hydrogens is 332 g/mol. The zero-order chi connectivity index (χ0) is 18.5. The van der Waals surface area contributed by atoms with Crippen molar-refractivity contribution in [1.29, 1.82) is 0 Å². The number of hydrogen-bond acceptors (Lipinski definition) is 4. The first-order valence-corrected chi connectivity index (χ1v) is 8.61. The first-order valence-electron chi connectivity index (χ1n) is 8.61. The molecule has 2 amide bonds. The standard InChI is InChI=1S/C20H22N2O4/c1-14(19(23)21-25)22-12-11-18(20(22)24)16-7-9-17(10-8-16)26-13-15-5-3-2-4-6-15/h2-10,14,18,25H,11-13H2,1H3,(H,21,23). The Morgan fingerprint density at radius 1 is 1.23 bits per heavy atom. The predicted molar refractivity (Wildman–Crippen MR) is 95.7 cm³/mol. The summed E-state index contributed by atoms with van der Waals surface area (Å²) >= 11 is 0. The van der Waals surface area contributed by atoms with Gasteiger partial charge in [0.25, 0.3) is 5.91 Å². The average Bonchev–Trinajstić information content (AvgIpc) is 3.07. The summed E-state index contributed by atoms with van der Waals surface area (Å²) < 4.78 is 5.77. The van der Waals surface area contributed by atoms with Gasteiger partial charge in [-0.15, -0.1) is 0 Å². The highest BCUT2D eigenvalue weighted by molar-refractivity contribution is 5.91. The molecule has 0 bridgehead atoms. The van der Waals surface area contributed by atoms with Gasteiger partial charge in [0.2, 0.25) is 5.91 Å². The van der Waals surface area contributed by atoms with Crippen LogP contribution < -0.4 is 10.2 Å². The van der Waals surface area contributed by atoms with Crippen molar-refractivity contribution in [2.75, 3.05) is 6.54 Å². The second kappa shape index (κ2) is 8.01. The number of benzene rings is 2. The molecule has 136 valence electrons. The number of nitrogens with one attached hydrogen (secondary N) is 1. The number of likely N-dealkylation sites (tertiary alicyclic amines) is 1. The van der Waals surface area contributed by atoms with Gasteiger partial charge in [0, 0.05) is 6.54 Å². The predicted octanol–water partition coefficient (Wildman–Crippen LogP) is 2.48. The first kappa shape index (κ1) is 17.9. The van der Waals surface area contributed by atoms with E-state index in [9.17, 15) is 9.59 Å². The Kier molecular flexibility index (Phi) is 5.53. The third-order valence-electron chi connectivity index (χ3n) is 4.73. The van der Waals surface area contributed by atoms with E-state index in [0.29, 0.717) is 19.6 Å². The van der Waals surface area contributed by atoms with Gasteiger partial charge < -0.3 is 9.64 Å². The van der Waals surface area contributed by atoms with Gasteiger partial charge in [-0.05, 0) is 36.6 Å². The molecule has 2 aromatic carbocycles. The van der Waals surface area contributed by atoms with Gasteiger partial charge in [-0.3, -0.25) is 14.8 Å². The molecule has 2 aromatic rings. The minimum atomic E-state index is -0.689. The van der Waals surface area contributed by atoms with Crippen molar-refractivity contribution in [2.45, 2.75) is 31.9 Å². The maximum absolute atomic E-state index is 12.6. The van der Waals surface area contributed by atoms with Crippen LogP contribution in [0.3, 0.4) is 0 Å². The molecule has 0 saturated carbocycles. The van der Waals surface area contributed by atoms with Gasteiger partial charge in [-0.1, -0.05) is 42.5 Å². The van der Waals surface area contributed by atoms with E-state index in [-0.39, 0.29) is 11.8 Å². The van der Waals surface area contributed by atoms with Gasteiger partial charge >= 0.3 is 0 Å². The van der Waals surface area contributed by atoms with E-state index >= 15 is 0 Å². The summed E-state index contributed by atoms with van der Waals surface area (Å²) in [5.74, 6) is -0.206. The molecule has 0 aromatic heterocycles. The first-order chi connectivity index (χ1) is 12.6. The number of carbonyl (C=O) groups is 2. The number of hydrogen-bond donors (Lipinski definition) is 2. The fourth-order valence-electron chi connectivity index (χ4n) is 3.17. The van der Waals surface area contributed by atoms with Crippen molar-refractivity contribution >= 4 is 11.8 Å². The number of carbonyl (C=O) groups excluding carboxylic acids is 2. The van der Waals surface area contributed by atoms with E-state index in [1.807, 2.05) is 54.6 Å². The highest BCUT2D eigenvalue weighted by atomic mass is 16.5. The van der Waals surface area contributed by atoms with Crippen LogP contribution in [0.1, 0.15) is 30.4 Å². The largest absolute Gasteiger partial charge is 0.489 e. The summed E-state index contributed by atoms with van der Waals surface area (Å²) in [6.07, 6.45) is 0.645. The molecule has 6 heteroatoms. The van der Waals surface area contributed by atoms with Crippen molar-refractivity contribution in [3.63, 3.8) is 0 Å². The SMILES string of the molecule is CC(C(=O)NO)N1CCC(c2ccc(OCc3ccccc3)cc2)C1=O. The quantitative estimate of drug-likeness (QED) is 0.617. The Labute approximate surface area is 152 Å². The minimum absolute atomic E-state index is 0.0981. The molecule has 1 aliphatic heterocycles. The summed E-state index contributed by atoms with van der Waals surface area (Å²) in [5, 5.41) is 8.75.